The molecule has 0 saturated carbocycles. The molecule has 0 unspecified atom stereocenters. The van der Waals surface area contributed by atoms with Gasteiger partial charge in [0, 0.05) is 29.6 Å². The summed E-state index contributed by atoms with van der Waals surface area (Å²) in [5, 5.41) is 3.80. The summed E-state index contributed by atoms with van der Waals surface area (Å²) in [4.78, 5) is 29.7. The maximum atomic E-state index is 14.5. The van der Waals surface area contributed by atoms with Gasteiger partial charge in [-0.1, -0.05) is 97.2 Å². The van der Waals surface area contributed by atoms with Crippen LogP contribution in [0.1, 0.15) is 36.5 Å². The van der Waals surface area contributed by atoms with Crippen LogP contribution in [-0.4, -0.2) is 44.3 Å². The average Bonchev–Trinajstić information content (AvgIpc) is 3.03. The number of nitrogens with zero attached hydrogens (tertiary/aromatic N) is 2. The fraction of sp³-hybridized carbons (Fsp3) is 0.257. The number of carbonyl (C=O) groups is 2. The molecule has 1 N–H and O–H groups in total. The first-order valence-electron chi connectivity index (χ1n) is 14.8. The summed E-state index contributed by atoms with van der Waals surface area (Å²) in [5.74, 6) is -0.879. The molecule has 1 atom stereocenters. The molecule has 236 valence electrons. The molecule has 0 heterocycles. The maximum Gasteiger partial charge on any atom is 0.264 e. The number of nitrogens with one attached hydrogen (secondary N) is 1. The van der Waals surface area contributed by atoms with Crippen molar-refractivity contribution in [3.8, 4) is 0 Å². The summed E-state index contributed by atoms with van der Waals surface area (Å²) >= 11 is 12.6. The Kier molecular flexibility index (Phi) is 12.0. The molecular formula is C35H37Cl2N3O4S. The third kappa shape index (κ3) is 9.10. The first-order chi connectivity index (χ1) is 21.6. The van der Waals surface area contributed by atoms with Gasteiger partial charge in [-0.3, -0.25) is 13.9 Å². The number of hydrogen-bond donors (Lipinski definition) is 1. The Morgan fingerprint density at radius 1 is 0.867 bits per heavy atom. The summed E-state index contributed by atoms with van der Waals surface area (Å²) in [5.41, 5.74) is 2.63. The van der Waals surface area contributed by atoms with Gasteiger partial charge in [-0.05, 0) is 72.5 Å². The summed E-state index contributed by atoms with van der Waals surface area (Å²) in [6.07, 6.45) is 1.89. The van der Waals surface area contributed by atoms with Crippen molar-refractivity contribution in [1.82, 2.24) is 10.2 Å². The fourth-order valence-corrected chi connectivity index (χ4v) is 6.64. The van der Waals surface area contributed by atoms with E-state index < -0.39 is 28.5 Å². The normalized spacial score (nSPS) is 11.9. The molecule has 2 amide bonds. The lowest BCUT2D eigenvalue weighted by Crippen LogP contribution is -2.53. The van der Waals surface area contributed by atoms with Crippen LogP contribution >= 0.6 is 23.2 Å². The van der Waals surface area contributed by atoms with E-state index in [9.17, 15) is 18.0 Å². The predicted octanol–water partition coefficient (Wildman–Crippen LogP) is 7.05. The van der Waals surface area contributed by atoms with E-state index in [0.717, 1.165) is 28.3 Å². The molecule has 0 aliphatic carbocycles. The smallest absolute Gasteiger partial charge is 0.264 e. The Morgan fingerprint density at radius 2 is 1.56 bits per heavy atom. The van der Waals surface area contributed by atoms with Crippen LogP contribution < -0.4 is 9.62 Å². The van der Waals surface area contributed by atoms with E-state index in [1.54, 1.807) is 42.5 Å². The highest BCUT2D eigenvalue weighted by Gasteiger charge is 2.35. The topological polar surface area (TPSA) is 86.8 Å². The highest BCUT2D eigenvalue weighted by Crippen LogP contribution is 2.27. The van der Waals surface area contributed by atoms with Gasteiger partial charge < -0.3 is 10.2 Å². The van der Waals surface area contributed by atoms with E-state index in [0.29, 0.717) is 27.8 Å². The number of anilines is 1. The van der Waals surface area contributed by atoms with Crippen molar-refractivity contribution >= 4 is 50.7 Å². The summed E-state index contributed by atoms with van der Waals surface area (Å²) in [6.45, 7) is 3.78. The first-order valence-corrected chi connectivity index (χ1v) is 17.0. The van der Waals surface area contributed by atoms with Crippen LogP contribution in [0.3, 0.4) is 0 Å². The highest BCUT2D eigenvalue weighted by molar-refractivity contribution is 7.92. The molecule has 4 rings (SSSR count). The van der Waals surface area contributed by atoms with Gasteiger partial charge in [0.25, 0.3) is 10.0 Å². The largest absolute Gasteiger partial charge is 0.354 e. The molecule has 0 spiro atoms. The Bertz CT molecular complexity index is 1700. The second-order valence-corrected chi connectivity index (χ2v) is 13.5. The van der Waals surface area contributed by atoms with Crippen molar-refractivity contribution in [3.05, 3.63) is 130 Å². The number of carbonyl (C=O) groups excluding carboxylic acids is 2. The van der Waals surface area contributed by atoms with Crippen molar-refractivity contribution in [3.63, 3.8) is 0 Å². The van der Waals surface area contributed by atoms with Crippen LogP contribution in [0.4, 0.5) is 5.69 Å². The maximum absolute atomic E-state index is 14.5. The number of sulfonamides is 1. The Labute approximate surface area is 275 Å². The Morgan fingerprint density at radius 3 is 2.22 bits per heavy atom. The van der Waals surface area contributed by atoms with Gasteiger partial charge in [0.05, 0.1) is 10.6 Å². The zero-order valence-electron chi connectivity index (χ0n) is 25.3. The van der Waals surface area contributed by atoms with E-state index in [4.69, 9.17) is 23.2 Å². The predicted molar refractivity (Wildman–Crippen MR) is 181 cm³/mol. The molecule has 0 aliphatic rings. The van der Waals surface area contributed by atoms with Gasteiger partial charge in [-0.25, -0.2) is 8.42 Å². The third-order valence-corrected chi connectivity index (χ3v) is 9.78. The molecule has 0 fully saturated rings. The van der Waals surface area contributed by atoms with Gasteiger partial charge in [-0.15, -0.1) is 0 Å². The molecule has 0 saturated heterocycles. The standard InChI is InChI=1S/C35H37Cl2N3O4S/c1-3-4-21-38-35(42)33(23-27-12-6-5-7-13-27)39(24-28-14-8-9-16-32(28)37)34(41)25-40(30-15-10-11-26(2)22-30)45(43,44)31-19-17-29(36)18-20-31/h5-20,22,33H,3-4,21,23-25H2,1-2H3,(H,38,42)/t33-/m1/s1. The quantitative estimate of drug-likeness (QED) is 0.146. The number of aryl methyl sites for hydroxylation is 1. The minimum absolute atomic E-state index is 0.000144. The summed E-state index contributed by atoms with van der Waals surface area (Å²) < 4.78 is 29.3. The van der Waals surface area contributed by atoms with Crippen LogP contribution in [0.2, 0.25) is 10.0 Å². The number of amides is 2. The summed E-state index contributed by atoms with van der Waals surface area (Å²) in [7, 11) is -4.22. The van der Waals surface area contributed by atoms with E-state index in [1.807, 2.05) is 50.2 Å². The zero-order chi connectivity index (χ0) is 32.4. The van der Waals surface area contributed by atoms with Crippen molar-refractivity contribution < 1.29 is 18.0 Å². The number of halogens is 2. The molecule has 45 heavy (non-hydrogen) atoms. The number of hydrogen-bond acceptors (Lipinski definition) is 4. The monoisotopic (exact) mass is 665 g/mol. The van der Waals surface area contributed by atoms with E-state index in [-0.39, 0.29) is 23.8 Å². The number of benzene rings is 4. The lowest BCUT2D eigenvalue weighted by atomic mass is 10.0. The molecule has 0 aliphatic heterocycles. The Balaban J connectivity index is 1.80. The minimum Gasteiger partial charge on any atom is -0.354 e. The average molecular weight is 667 g/mol. The second kappa shape index (κ2) is 15.9. The zero-order valence-corrected chi connectivity index (χ0v) is 27.7. The third-order valence-electron chi connectivity index (χ3n) is 7.37. The first kappa shape index (κ1) is 34.0. The van der Waals surface area contributed by atoms with Gasteiger partial charge in [0.1, 0.15) is 12.6 Å². The lowest BCUT2D eigenvalue weighted by molar-refractivity contribution is -0.140. The second-order valence-electron chi connectivity index (χ2n) is 10.8. The Hall–Kier alpha value is -3.85. The summed E-state index contributed by atoms with van der Waals surface area (Å²) in [6, 6.07) is 28.3. The molecule has 7 nitrogen and oxygen atoms in total. The van der Waals surface area contributed by atoms with E-state index in [1.165, 1.54) is 29.2 Å². The molecule has 4 aromatic carbocycles. The SMILES string of the molecule is CCCCNC(=O)[C@@H](Cc1ccccc1)N(Cc1ccccc1Cl)C(=O)CN(c1cccc(C)c1)S(=O)(=O)c1ccc(Cl)cc1. The van der Waals surface area contributed by atoms with Crippen molar-refractivity contribution in [2.24, 2.45) is 0 Å². The molecule has 0 radical (unpaired) electrons. The highest BCUT2D eigenvalue weighted by atomic mass is 35.5. The van der Waals surface area contributed by atoms with Crippen molar-refractivity contribution in [2.45, 2.75) is 50.6 Å². The lowest BCUT2D eigenvalue weighted by Gasteiger charge is -2.34. The van der Waals surface area contributed by atoms with Crippen LogP contribution in [0, 0.1) is 6.92 Å². The minimum atomic E-state index is -4.22. The molecular weight excluding hydrogens is 629 g/mol. The van der Waals surface area contributed by atoms with Crippen LogP contribution in [0.25, 0.3) is 0 Å². The van der Waals surface area contributed by atoms with E-state index in [2.05, 4.69) is 5.32 Å². The molecule has 0 bridgehead atoms. The number of rotatable bonds is 14. The fourth-order valence-electron chi connectivity index (χ4n) is 4.92. The van der Waals surface area contributed by atoms with Gasteiger partial charge >= 0.3 is 0 Å². The van der Waals surface area contributed by atoms with Crippen molar-refractivity contribution in [2.75, 3.05) is 17.4 Å². The molecule has 0 aromatic heterocycles. The molecule has 10 heteroatoms. The van der Waals surface area contributed by atoms with Crippen LogP contribution in [-0.2, 0) is 32.6 Å². The number of unbranched alkanes of at least 4 members (excludes halogenated alkanes) is 1. The van der Waals surface area contributed by atoms with Gasteiger partial charge in [0.2, 0.25) is 11.8 Å². The van der Waals surface area contributed by atoms with Crippen molar-refractivity contribution in [1.29, 1.82) is 0 Å². The molecule has 4 aromatic rings. The van der Waals surface area contributed by atoms with E-state index >= 15 is 0 Å². The van der Waals surface area contributed by atoms with Crippen LogP contribution in [0.15, 0.2) is 108 Å². The van der Waals surface area contributed by atoms with Gasteiger partial charge in [0.15, 0.2) is 0 Å². The van der Waals surface area contributed by atoms with Gasteiger partial charge in [-0.2, -0.15) is 0 Å². The van der Waals surface area contributed by atoms with Crippen LogP contribution in [0.5, 0.6) is 0 Å².